The van der Waals surface area contributed by atoms with Crippen molar-refractivity contribution in [3.63, 3.8) is 0 Å². The summed E-state index contributed by atoms with van der Waals surface area (Å²) < 4.78 is 5.49. The monoisotopic (exact) mass is 309 g/mol. The molecule has 0 spiro atoms. The molecule has 5 heteroatoms. The Bertz CT molecular complexity index is 379. The Balaban J connectivity index is 1.53. The average Bonchev–Trinajstić information content (AvgIpc) is 2.97. The number of carbonyl (C=O) groups is 1. The molecule has 0 bridgehead atoms. The molecule has 0 radical (unpaired) electrons. The van der Waals surface area contributed by atoms with Crippen molar-refractivity contribution in [3.05, 3.63) is 0 Å². The van der Waals surface area contributed by atoms with Gasteiger partial charge in [-0.25, -0.2) is 0 Å². The van der Waals surface area contributed by atoms with Crippen molar-refractivity contribution in [2.75, 3.05) is 33.9 Å². The SMILES string of the molecule is CN(C)C1(CNC(=O)C2CC3CCCCC3N2)CCOCC1. The minimum Gasteiger partial charge on any atom is -0.381 e. The van der Waals surface area contributed by atoms with Gasteiger partial charge in [0.05, 0.1) is 6.04 Å². The summed E-state index contributed by atoms with van der Waals surface area (Å²) in [6, 6.07) is 0.600. The van der Waals surface area contributed by atoms with Crippen LogP contribution in [-0.2, 0) is 9.53 Å². The van der Waals surface area contributed by atoms with E-state index in [0.717, 1.165) is 44.9 Å². The van der Waals surface area contributed by atoms with Crippen LogP contribution in [0.2, 0.25) is 0 Å². The van der Waals surface area contributed by atoms with Crippen LogP contribution >= 0.6 is 0 Å². The minimum absolute atomic E-state index is 0.0205. The quantitative estimate of drug-likeness (QED) is 0.817. The molecule has 3 atom stereocenters. The first-order chi connectivity index (χ1) is 10.6. The molecule has 0 aromatic rings. The van der Waals surface area contributed by atoms with E-state index in [1.807, 2.05) is 0 Å². The summed E-state index contributed by atoms with van der Waals surface area (Å²) in [5, 5.41) is 6.80. The first kappa shape index (κ1) is 16.2. The standard InChI is InChI=1S/C17H31N3O2/c1-20(2)17(7-9-22-10-8-17)12-18-16(21)15-11-13-5-3-4-6-14(13)19-15/h13-15,19H,3-12H2,1-2H3,(H,18,21). The lowest BCUT2D eigenvalue weighted by atomic mass is 9.85. The second-order valence-corrected chi connectivity index (χ2v) is 7.55. The van der Waals surface area contributed by atoms with Crippen molar-refractivity contribution in [2.24, 2.45) is 5.92 Å². The first-order valence-electron chi connectivity index (χ1n) is 8.90. The number of fused-ring (bicyclic) bond motifs is 1. The molecular weight excluding hydrogens is 278 g/mol. The van der Waals surface area contributed by atoms with Gasteiger partial charge in [0.1, 0.15) is 0 Å². The molecule has 0 aromatic carbocycles. The third-order valence-corrected chi connectivity index (χ3v) is 6.14. The molecule has 1 amide bonds. The van der Waals surface area contributed by atoms with E-state index in [2.05, 4.69) is 29.6 Å². The highest BCUT2D eigenvalue weighted by molar-refractivity contribution is 5.82. The van der Waals surface area contributed by atoms with E-state index in [0.29, 0.717) is 6.04 Å². The van der Waals surface area contributed by atoms with Gasteiger partial charge in [-0.15, -0.1) is 0 Å². The normalized spacial score (nSPS) is 34.4. The summed E-state index contributed by atoms with van der Waals surface area (Å²) >= 11 is 0. The van der Waals surface area contributed by atoms with Crippen molar-refractivity contribution in [2.45, 2.75) is 62.6 Å². The smallest absolute Gasteiger partial charge is 0.237 e. The van der Waals surface area contributed by atoms with E-state index >= 15 is 0 Å². The van der Waals surface area contributed by atoms with Crippen LogP contribution in [0.5, 0.6) is 0 Å². The number of amides is 1. The predicted molar refractivity (Wildman–Crippen MR) is 86.8 cm³/mol. The highest BCUT2D eigenvalue weighted by Gasteiger charge is 2.40. The van der Waals surface area contributed by atoms with Gasteiger partial charge in [0.15, 0.2) is 0 Å². The lowest BCUT2D eigenvalue weighted by molar-refractivity contribution is -0.124. The number of carbonyl (C=O) groups excluding carboxylic acids is 1. The Labute approximate surface area is 134 Å². The molecule has 3 rings (SSSR count). The zero-order valence-electron chi connectivity index (χ0n) is 14.1. The van der Waals surface area contributed by atoms with Gasteiger partial charge in [0.25, 0.3) is 0 Å². The van der Waals surface area contributed by atoms with Crippen LogP contribution in [0.25, 0.3) is 0 Å². The number of ether oxygens (including phenoxy) is 1. The largest absolute Gasteiger partial charge is 0.381 e. The number of nitrogens with one attached hydrogen (secondary N) is 2. The molecule has 2 saturated heterocycles. The minimum atomic E-state index is 0.0205. The summed E-state index contributed by atoms with van der Waals surface area (Å²) in [7, 11) is 4.22. The van der Waals surface area contributed by atoms with Gasteiger partial charge in [-0.3, -0.25) is 4.79 Å². The van der Waals surface area contributed by atoms with Crippen LogP contribution < -0.4 is 10.6 Å². The number of likely N-dealkylation sites (N-methyl/N-ethyl adjacent to an activating group) is 1. The van der Waals surface area contributed by atoms with E-state index in [4.69, 9.17) is 4.74 Å². The Morgan fingerprint density at radius 2 is 2.00 bits per heavy atom. The van der Waals surface area contributed by atoms with Crippen LogP contribution in [0.15, 0.2) is 0 Å². The topological polar surface area (TPSA) is 53.6 Å². The average molecular weight is 309 g/mol. The second kappa shape index (κ2) is 6.85. The fraction of sp³-hybridized carbons (Fsp3) is 0.941. The molecule has 2 N–H and O–H groups in total. The number of nitrogens with zero attached hydrogens (tertiary/aromatic N) is 1. The first-order valence-corrected chi connectivity index (χ1v) is 8.90. The fourth-order valence-electron chi connectivity index (χ4n) is 4.43. The lowest BCUT2D eigenvalue weighted by Crippen LogP contribution is -2.57. The molecule has 5 nitrogen and oxygen atoms in total. The van der Waals surface area contributed by atoms with E-state index in [1.54, 1.807) is 0 Å². The van der Waals surface area contributed by atoms with Crippen LogP contribution in [0.3, 0.4) is 0 Å². The Hall–Kier alpha value is -0.650. The zero-order valence-corrected chi connectivity index (χ0v) is 14.1. The maximum absolute atomic E-state index is 12.6. The van der Waals surface area contributed by atoms with Crippen LogP contribution in [0.1, 0.15) is 44.9 Å². The van der Waals surface area contributed by atoms with Gasteiger partial charge in [0, 0.05) is 31.3 Å². The van der Waals surface area contributed by atoms with Crippen LogP contribution in [0, 0.1) is 5.92 Å². The molecule has 126 valence electrons. The molecule has 1 aliphatic carbocycles. The van der Waals surface area contributed by atoms with Gasteiger partial charge >= 0.3 is 0 Å². The summed E-state index contributed by atoms with van der Waals surface area (Å²) in [6.45, 7) is 2.31. The van der Waals surface area contributed by atoms with Crippen molar-refractivity contribution in [1.29, 1.82) is 0 Å². The van der Waals surface area contributed by atoms with Gasteiger partial charge in [0.2, 0.25) is 5.91 Å². The maximum Gasteiger partial charge on any atom is 0.237 e. The highest BCUT2D eigenvalue weighted by Crippen LogP contribution is 2.33. The molecule has 3 fully saturated rings. The van der Waals surface area contributed by atoms with Crippen LogP contribution in [0.4, 0.5) is 0 Å². The predicted octanol–water partition coefficient (Wildman–Crippen LogP) is 1.13. The van der Waals surface area contributed by atoms with Crippen LogP contribution in [-0.4, -0.2) is 62.3 Å². The van der Waals surface area contributed by atoms with E-state index in [1.165, 1.54) is 25.7 Å². The van der Waals surface area contributed by atoms with Crippen molar-refractivity contribution < 1.29 is 9.53 Å². The Morgan fingerprint density at radius 3 is 2.68 bits per heavy atom. The fourth-order valence-corrected chi connectivity index (χ4v) is 4.43. The number of rotatable bonds is 4. The molecule has 1 saturated carbocycles. The second-order valence-electron chi connectivity index (χ2n) is 7.55. The Morgan fingerprint density at radius 1 is 1.27 bits per heavy atom. The van der Waals surface area contributed by atoms with E-state index in [9.17, 15) is 4.79 Å². The van der Waals surface area contributed by atoms with Crippen molar-refractivity contribution >= 4 is 5.91 Å². The zero-order chi connectivity index (χ0) is 15.6. The third kappa shape index (κ3) is 3.31. The third-order valence-electron chi connectivity index (χ3n) is 6.14. The lowest BCUT2D eigenvalue weighted by Gasteiger charge is -2.43. The number of hydrogen-bond donors (Lipinski definition) is 2. The van der Waals surface area contributed by atoms with Gasteiger partial charge < -0.3 is 20.3 Å². The molecule has 3 aliphatic rings. The molecule has 2 aliphatic heterocycles. The maximum atomic E-state index is 12.6. The highest BCUT2D eigenvalue weighted by atomic mass is 16.5. The summed E-state index contributed by atoms with van der Waals surface area (Å²) in [5.41, 5.74) is 0.0548. The number of hydrogen-bond acceptors (Lipinski definition) is 4. The van der Waals surface area contributed by atoms with Gasteiger partial charge in [-0.1, -0.05) is 12.8 Å². The molecule has 3 unspecified atom stereocenters. The summed E-state index contributed by atoms with van der Waals surface area (Å²) in [6.07, 6.45) is 8.18. The van der Waals surface area contributed by atoms with Gasteiger partial charge in [-0.05, 0) is 52.1 Å². The summed E-state index contributed by atoms with van der Waals surface area (Å²) in [5.74, 6) is 0.914. The van der Waals surface area contributed by atoms with E-state index in [-0.39, 0.29) is 17.5 Å². The molecule has 2 heterocycles. The van der Waals surface area contributed by atoms with Crippen molar-refractivity contribution in [3.8, 4) is 0 Å². The molecular formula is C17H31N3O2. The summed E-state index contributed by atoms with van der Waals surface area (Å²) in [4.78, 5) is 14.8. The van der Waals surface area contributed by atoms with E-state index < -0.39 is 0 Å². The molecule has 22 heavy (non-hydrogen) atoms. The van der Waals surface area contributed by atoms with Crippen molar-refractivity contribution in [1.82, 2.24) is 15.5 Å². The van der Waals surface area contributed by atoms with Gasteiger partial charge in [-0.2, -0.15) is 0 Å². The molecule has 0 aromatic heterocycles. The Kier molecular flexibility index (Phi) is 5.05.